The van der Waals surface area contributed by atoms with Crippen LogP contribution in [0.2, 0.25) is 0 Å². The number of amides is 3. The molecular formula is C45H54F2N5O12PS2. The van der Waals surface area contributed by atoms with Crippen LogP contribution in [-0.4, -0.2) is 113 Å². The van der Waals surface area contributed by atoms with E-state index in [0.717, 1.165) is 41.7 Å². The number of thioether (sulfide) groups is 1. The highest BCUT2D eigenvalue weighted by Crippen LogP contribution is 2.67. The lowest BCUT2D eigenvalue weighted by atomic mass is 9.91. The van der Waals surface area contributed by atoms with Crippen LogP contribution in [0.25, 0.3) is 10.1 Å². The first-order chi connectivity index (χ1) is 32.1. The Labute approximate surface area is 394 Å². The molecule has 0 spiro atoms. The van der Waals surface area contributed by atoms with Crippen LogP contribution in [0.1, 0.15) is 98.4 Å². The number of halogens is 2. The summed E-state index contributed by atoms with van der Waals surface area (Å²) >= 11 is 1.83. The van der Waals surface area contributed by atoms with Crippen LogP contribution in [0, 0.1) is 23.2 Å². The number of carbonyl (C=O) groups excluding carboxylic acids is 5. The van der Waals surface area contributed by atoms with E-state index in [2.05, 4.69) is 16.4 Å². The second kappa shape index (κ2) is 22.1. The Kier molecular flexibility index (Phi) is 16.6. The highest BCUT2D eigenvalue weighted by molar-refractivity contribution is 8.13. The number of aromatic amines is 1. The number of likely N-dealkylation sites (tertiary alicyclic amines) is 1. The van der Waals surface area contributed by atoms with Gasteiger partial charge in [-0.1, -0.05) is 44.5 Å². The van der Waals surface area contributed by atoms with E-state index in [1.54, 1.807) is 15.9 Å². The Morgan fingerprint density at radius 3 is 2.55 bits per heavy atom. The predicted molar refractivity (Wildman–Crippen MR) is 242 cm³/mol. The lowest BCUT2D eigenvalue weighted by Crippen LogP contribution is -2.56. The zero-order valence-electron chi connectivity index (χ0n) is 37.2. The average Bonchev–Trinajstić information content (AvgIpc) is 4.05. The van der Waals surface area contributed by atoms with Crippen molar-refractivity contribution >= 4 is 69.8 Å². The van der Waals surface area contributed by atoms with Gasteiger partial charge in [-0.15, -0.1) is 11.3 Å². The molecule has 1 unspecified atom stereocenters. The summed E-state index contributed by atoms with van der Waals surface area (Å²) < 4.78 is 73.0. The molecule has 0 radical (unpaired) electrons. The SMILES string of the molecule is CC(C)CC(=O)SCCOP(=O)(OCOC(=O)OC1CCOCC1)C(F)(F)c1ccc2sc(C(=O)N[C@H]3CCCC[C@H]4CC[C@@H](C(=O)N5C[C@@H](C#N)[C@H](c6cc[nH]c(=O)c6)C5)N4C3=O)cc2c1. The van der Waals surface area contributed by atoms with Gasteiger partial charge in [0.25, 0.3) is 5.91 Å². The van der Waals surface area contributed by atoms with Crippen molar-refractivity contribution in [3.8, 4) is 6.07 Å². The van der Waals surface area contributed by atoms with Crippen LogP contribution < -0.4 is 10.9 Å². The van der Waals surface area contributed by atoms with Gasteiger partial charge < -0.3 is 38.8 Å². The van der Waals surface area contributed by atoms with Gasteiger partial charge in [-0.3, -0.25) is 33.1 Å². The van der Waals surface area contributed by atoms with E-state index in [1.807, 2.05) is 13.8 Å². The molecule has 6 atom stereocenters. The third-order valence-electron chi connectivity index (χ3n) is 12.4. The number of hydrogen-bond acceptors (Lipinski definition) is 15. The molecule has 4 saturated heterocycles. The topological polar surface area (TPSA) is 224 Å². The van der Waals surface area contributed by atoms with Crippen LogP contribution in [-0.2, 0) is 47.9 Å². The molecule has 6 heterocycles. The number of thiophene rings is 1. The van der Waals surface area contributed by atoms with Crippen molar-refractivity contribution in [3.05, 3.63) is 69.0 Å². The van der Waals surface area contributed by atoms with Crippen LogP contribution >= 0.6 is 30.7 Å². The summed E-state index contributed by atoms with van der Waals surface area (Å²) in [5.41, 5.74) is -4.76. The van der Waals surface area contributed by atoms with Gasteiger partial charge in [0.15, 0.2) is 5.12 Å². The Hall–Kier alpha value is -4.71. The zero-order chi connectivity index (χ0) is 47.9. The van der Waals surface area contributed by atoms with Gasteiger partial charge in [0.05, 0.1) is 36.7 Å². The molecule has 4 fully saturated rings. The predicted octanol–water partition coefficient (Wildman–Crippen LogP) is 7.26. The van der Waals surface area contributed by atoms with Crippen molar-refractivity contribution in [2.24, 2.45) is 11.8 Å². The summed E-state index contributed by atoms with van der Waals surface area (Å²) in [5.74, 6) is -2.29. The molecule has 0 bridgehead atoms. The van der Waals surface area contributed by atoms with Gasteiger partial charge >= 0.3 is 19.4 Å². The summed E-state index contributed by atoms with van der Waals surface area (Å²) in [6, 6.07) is 8.17. The molecule has 1 aromatic carbocycles. The Balaban J connectivity index is 1.03. The Bertz CT molecular complexity index is 2460. The van der Waals surface area contributed by atoms with Crippen LogP contribution in [0.4, 0.5) is 13.6 Å². The third-order valence-corrected chi connectivity index (χ3v) is 16.3. The number of nitrogens with one attached hydrogen (secondary N) is 2. The highest BCUT2D eigenvalue weighted by Gasteiger charge is 2.56. The average molecular weight is 990 g/mol. The van der Waals surface area contributed by atoms with Gasteiger partial charge in [-0.05, 0) is 66.8 Å². The number of carbonyl (C=O) groups is 5. The van der Waals surface area contributed by atoms with Gasteiger partial charge in [-0.25, -0.2) is 4.79 Å². The number of benzene rings is 1. The van der Waals surface area contributed by atoms with Gasteiger partial charge in [0, 0.05) is 72.6 Å². The molecular weight excluding hydrogens is 936 g/mol. The largest absolute Gasteiger partial charge is 0.510 e. The number of rotatable bonds is 16. The first kappa shape index (κ1) is 50.2. The van der Waals surface area contributed by atoms with E-state index in [0.29, 0.717) is 68.4 Å². The first-order valence-electron chi connectivity index (χ1n) is 22.4. The maximum atomic E-state index is 16.5. The smallest absolute Gasteiger partial charge is 0.431 e. The first-order valence-corrected chi connectivity index (χ1v) is 25.8. The van der Waals surface area contributed by atoms with Crippen molar-refractivity contribution in [2.75, 3.05) is 45.5 Å². The van der Waals surface area contributed by atoms with Gasteiger partial charge in [0.2, 0.25) is 24.2 Å². The maximum absolute atomic E-state index is 16.5. The number of pyridine rings is 1. The van der Waals surface area contributed by atoms with E-state index in [1.165, 1.54) is 24.4 Å². The van der Waals surface area contributed by atoms with Gasteiger partial charge in [0.1, 0.15) is 18.2 Å². The number of alkyl halides is 2. The number of ether oxygens (including phenoxy) is 3. The monoisotopic (exact) mass is 989 g/mol. The second-order valence-corrected chi connectivity index (χ2v) is 21.8. The molecule has 362 valence electrons. The van der Waals surface area contributed by atoms with Crippen LogP contribution in [0.15, 0.2) is 47.4 Å². The quantitative estimate of drug-likeness (QED) is 0.0624. The third kappa shape index (κ3) is 11.9. The van der Waals surface area contributed by atoms with Crippen molar-refractivity contribution in [1.82, 2.24) is 20.1 Å². The Morgan fingerprint density at radius 1 is 1.03 bits per heavy atom. The van der Waals surface area contributed by atoms with Crippen molar-refractivity contribution in [2.45, 2.75) is 107 Å². The molecule has 22 heteroatoms. The maximum Gasteiger partial charge on any atom is 0.510 e. The van der Waals surface area contributed by atoms with Crippen LogP contribution in [0.5, 0.6) is 0 Å². The highest BCUT2D eigenvalue weighted by atomic mass is 32.2. The molecule has 3 aromatic rings. The van der Waals surface area contributed by atoms with E-state index < -0.39 is 74.3 Å². The number of fused-ring (bicyclic) bond motifs is 2. The molecule has 0 aliphatic carbocycles. The molecule has 7 rings (SSSR count). The normalized spacial score (nSPS) is 23.5. The second-order valence-electron chi connectivity index (χ2n) is 17.5. The summed E-state index contributed by atoms with van der Waals surface area (Å²) in [4.78, 5) is 84.9. The van der Waals surface area contributed by atoms with Crippen molar-refractivity contribution in [3.63, 3.8) is 0 Å². The van der Waals surface area contributed by atoms with E-state index >= 15 is 8.78 Å². The number of aromatic nitrogens is 1. The molecule has 17 nitrogen and oxygen atoms in total. The summed E-state index contributed by atoms with van der Waals surface area (Å²) in [6.45, 7) is 3.03. The number of hydrogen-bond donors (Lipinski definition) is 2. The zero-order valence-corrected chi connectivity index (χ0v) is 39.7. The summed E-state index contributed by atoms with van der Waals surface area (Å²) in [7, 11) is -5.49. The minimum absolute atomic E-state index is 0.0645. The number of nitriles is 1. The molecule has 4 aliphatic rings. The number of nitrogens with zero attached hydrogens (tertiary/aromatic N) is 3. The molecule has 3 amide bonds. The molecule has 4 aliphatic heterocycles. The van der Waals surface area contributed by atoms with E-state index in [-0.39, 0.29) is 70.0 Å². The standard InChI is InChI=1S/C45H54F2N5O12PS2/c1-27(2)19-40(54)66-18-17-62-65(59,63-26-61-44(58)64-33-12-15-60-16-13-33)45(46,47)31-7-10-37-29(20-31)21-38(67-37)41(55)50-35-6-4-3-5-32-8-9-36(52(32)42(35)56)43(57)51-24-30(23-48)34(25-51)28-11-14-49-39(53)22-28/h7,10-11,14,20-22,27,30,32-36H,3-6,8-9,12-13,15-19,24-26H2,1-2H3,(H,49,53)(H,50,55)/t30-,32+,34+,35+,36+,65?/m1/s1. The lowest BCUT2D eigenvalue weighted by Gasteiger charge is -2.36. The molecule has 67 heavy (non-hydrogen) atoms. The minimum Gasteiger partial charge on any atom is -0.431 e. The summed E-state index contributed by atoms with van der Waals surface area (Å²) in [5, 5.41) is 12.8. The molecule has 2 aromatic heterocycles. The Morgan fingerprint density at radius 2 is 1.81 bits per heavy atom. The minimum atomic E-state index is -5.49. The van der Waals surface area contributed by atoms with Gasteiger partial charge in [-0.2, -0.15) is 14.0 Å². The molecule has 0 saturated carbocycles. The fraction of sp³-hybridized carbons (Fsp3) is 0.578. The van der Waals surface area contributed by atoms with Crippen molar-refractivity contribution in [1.29, 1.82) is 5.26 Å². The fourth-order valence-electron chi connectivity index (χ4n) is 9.01. The van der Waals surface area contributed by atoms with E-state index in [9.17, 15) is 38.6 Å². The summed E-state index contributed by atoms with van der Waals surface area (Å²) in [6.07, 6.45) is 4.22. The van der Waals surface area contributed by atoms with E-state index in [4.69, 9.17) is 23.3 Å². The lowest BCUT2D eigenvalue weighted by molar-refractivity contribution is -0.146. The molecule has 2 N–H and O–H groups in total. The van der Waals surface area contributed by atoms with Crippen LogP contribution in [0.3, 0.4) is 0 Å². The number of H-pyrrole nitrogens is 1. The fourth-order valence-corrected chi connectivity index (χ4v) is 12.3. The van der Waals surface area contributed by atoms with Crippen molar-refractivity contribution < 1.29 is 60.6 Å².